The molecule has 4 aromatic carbocycles. The van der Waals surface area contributed by atoms with Crippen LogP contribution in [0.3, 0.4) is 0 Å². The van der Waals surface area contributed by atoms with Crippen molar-refractivity contribution in [3.63, 3.8) is 0 Å². The van der Waals surface area contributed by atoms with E-state index in [1.165, 1.54) is 48.8 Å². The zero-order chi connectivity index (χ0) is 44.2. The summed E-state index contributed by atoms with van der Waals surface area (Å²) in [5.41, 5.74) is 17.5. The highest BCUT2D eigenvalue weighted by molar-refractivity contribution is 8.76. The number of hydrogen-bond acceptors (Lipinski definition) is 10. The molecular weight excluding hydrogens is 817 g/mol. The molecule has 62 heavy (non-hydrogen) atoms. The maximum Gasteiger partial charge on any atom is 0.196 e. The normalized spacial score (nSPS) is 15.0. The van der Waals surface area contributed by atoms with Crippen LogP contribution in [0, 0.1) is 0 Å². The first-order valence-electron chi connectivity index (χ1n) is 22.1. The number of anilines is 4. The predicted molar refractivity (Wildman–Crippen MR) is 255 cm³/mol. The summed E-state index contributed by atoms with van der Waals surface area (Å²) >= 11 is 0. The van der Waals surface area contributed by atoms with Gasteiger partial charge < -0.3 is 41.7 Å². The van der Waals surface area contributed by atoms with Crippen LogP contribution < -0.4 is 41.7 Å². The van der Waals surface area contributed by atoms with E-state index < -0.39 is 0 Å². The standard InChI is InChI=1S/C48H62N8O4S2/c1-53(23-9-21-51-39-19-17-37(49)41-43(39)47(59)35-15-7-5-13-33(35)45(41)57)25-11-27-55(3)29-31-61-62-32-30-56(4)28-12-26-54(2)24-10-22-52-40-20-18-38(50)42-44(40)48(60)36-16-8-6-14-34(36)46(42)58/h5-8,13-20,51-52H,9-12,21-32,49-50H2,1-4H3/p+4. The van der Waals surface area contributed by atoms with E-state index in [0.717, 1.165) is 50.5 Å². The molecule has 0 radical (unpaired) electrons. The van der Waals surface area contributed by atoms with Crippen LogP contribution in [0.25, 0.3) is 0 Å². The van der Waals surface area contributed by atoms with E-state index >= 15 is 0 Å². The molecule has 0 saturated carbocycles. The molecule has 0 bridgehead atoms. The lowest BCUT2D eigenvalue weighted by atomic mass is 9.82. The second-order valence-electron chi connectivity index (χ2n) is 17.1. The largest absolute Gasteiger partial charge is 0.398 e. The molecule has 0 heterocycles. The molecular formula is C48H66N8O4S2+4. The van der Waals surface area contributed by atoms with Crippen LogP contribution in [0.4, 0.5) is 22.7 Å². The minimum atomic E-state index is -0.189. The number of carbonyl (C=O) groups is 4. The number of nitrogen functional groups attached to an aromatic ring is 2. The Morgan fingerprint density at radius 1 is 0.419 bits per heavy atom. The minimum Gasteiger partial charge on any atom is -0.398 e. The molecule has 0 amide bonds. The van der Waals surface area contributed by atoms with Crippen molar-refractivity contribution in [1.29, 1.82) is 0 Å². The van der Waals surface area contributed by atoms with Crippen molar-refractivity contribution < 1.29 is 38.8 Å². The molecule has 0 spiro atoms. The quantitative estimate of drug-likeness (QED) is 0.0236. The number of rotatable bonds is 25. The predicted octanol–water partition coefficient (Wildman–Crippen LogP) is 0.926. The summed E-state index contributed by atoms with van der Waals surface area (Å²) in [7, 11) is 13.1. The minimum absolute atomic E-state index is 0.152. The number of hydrogen-bond donors (Lipinski definition) is 8. The van der Waals surface area contributed by atoms with Gasteiger partial charge in [0, 0.05) is 83.8 Å². The van der Waals surface area contributed by atoms with E-state index in [1.807, 2.05) is 33.7 Å². The van der Waals surface area contributed by atoms with Crippen LogP contribution in [0.5, 0.6) is 0 Å². The lowest BCUT2D eigenvalue weighted by molar-refractivity contribution is -0.898. The average Bonchev–Trinajstić information content (AvgIpc) is 3.26. The van der Waals surface area contributed by atoms with E-state index in [-0.39, 0.29) is 23.1 Å². The molecule has 4 aromatic rings. The van der Waals surface area contributed by atoms with Gasteiger partial charge in [0.05, 0.1) is 114 Å². The van der Waals surface area contributed by atoms with Gasteiger partial charge in [-0.05, 0) is 24.3 Å². The van der Waals surface area contributed by atoms with Crippen molar-refractivity contribution in [2.45, 2.75) is 25.7 Å². The molecule has 4 atom stereocenters. The molecule has 12 nitrogen and oxygen atoms in total. The molecule has 330 valence electrons. The van der Waals surface area contributed by atoms with Gasteiger partial charge >= 0.3 is 0 Å². The average molecular weight is 883 g/mol. The van der Waals surface area contributed by atoms with Gasteiger partial charge in [-0.15, -0.1) is 0 Å². The maximum absolute atomic E-state index is 13.4. The van der Waals surface area contributed by atoms with Gasteiger partial charge in [-0.3, -0.25) is 19.2 Å². The highest BCUT2D eigenvalue weighted by atomic mass is 33.1. The smallest absolute Gasteiger partial charge is 0.196 e. The first-order valence-corrected chi connectivity index (χ1v) is 24.6. The third-order valence-electron chi connectivity index (χ3n) is 12.1. The molecule has 0 saturated heterocycles. The summed E-state index contributed by atoms with van der Waals surface area (Å²) < 4.78 is 0. The first kappa shape index (κ1) is 46.8. The van der Waals surface area contributed by atoms with E-state index in [4.69, 9.17) is 11.5 Å². The van der Waals surface area contributed by atoms with Gasteiger partial charge in [-0.1, -0.05) is 70.1 Å². The molecule has 2 aliphatic rings. The molecule has 2 aliphatic carbocycles. The third-order valence-corrected chi connectivity index (χ3v) is 14.5. The van der Waals surface area contributed by atoms with Crippen LogP contribution in [0.1, 0.15) is 89.4 Å². The van der Waals surface area contributed by atoms with Crippen molar-refractivity contribution in [3.05, 3.63) is 117 Å². The Balaban J connectivity index is 0.759. The molecule has 4 unspecified atom stereocenters. The molecule has 0 fully saturated rings. The summed E-state index contributed by atoms with van der Waals surface area (Å²) in [6.07, 6.45) is 4.27. The highest BCUT2D eigenvalue weighted by Gasteiger charge is 2.34. The molecule has 6 rings (SSSR count). The zero-order valence-electron chi connectivity index (χ0n) is 36.8. The van der Waals surface area contributed by atoms with Gasteiger partial charge in [-0.2, -0.15) is 0 Å². The molecule has 0 aliphatic heterocycles. The number of nitrogens with one attached hydrogen (secondary N) is 6. The number of nitrogens with two attached hydrogens (primary N) is 2. The van der Waals surface area contributed by atoms with Crippen LogP contribution in [-0.4, -0.2) is 128 Å². The number of carbonyl (C=O) groups excluding carboxylic acids is 4. The second kappa shape index (κ2) is 22.6. The summed E-state index contributed by atoms with van der Waals surface area (Å²) in [6.45, 7) is 10.4. The Morgan fingerprint density at radius 2 is 0.726 bits per heavy atom. The second-order valence-corrected chi connectivity index (χ2v) is 19.8. The van der Waals surface area contributed by atoms with Crippen molar-refractivity contribution in [1.82, 2.24) is 0 Å². The van der Waals surface area contributed by atoms with Crippen LogP contribution >= 0.6 is 21.6 Å². The van der Waals surface area contributed by atoms with Gasteiger partial charge in [0.25, 0.3) is 0 Å². The van der Waals surface area contributed by atoms with Crippen LogP contribution in [-0.2, 0) is 0 Å². The third kappa shape index (κ3) is 11.7. The molecule has 0 aromatic heterocycles. The zero-order valence-corrected chi connectivity index (χ0v) is 38.5. The molecule has 10 N–H and O–H groups in total. The Morgan fingerprint density at radius 3 is 1.08 bits per heavy atom. The van der Waals surface area contributed by atoms with E-state index in [0.29, 0.717) is 80.3 Å². The fraction of sp³-hybridized carbons (Fsp3) is 0.417. The van der Waals surface area contributed by atoms with Gasteiger partial charge in [0.1, 0.15) is 0 Å². The van der Waals surface area contributed by atoms with Gasteiger partial charge in [0.2, 0.25) is 0 Å². The lowest BCUT2D eigenvalue weighted by Gasteiger charge is -2.22. The number of fused-ring (bicyclic) bond motifs is 4. The first-order chi connectivity index (χ1) is 30.0. The monoisotopic (exact) mass is 882 g/mol. The SMILES string of the molecule is C[NH+](CCCNc1ccc(N)c2c1C(=O)c1ccccc1C2=O)CCC[NH+](C)CCSSCC[NH+](C)CCC[NH+](C)CCCNc1ccc(N)c2c1C(=O)c1ccccc1C2=O. The number of ketones is 4. The summed E-state index contributed by atoms with van der Waals surface area (Å²) in [6, 6.07) is 21.0. The Labute approximate surface area is 374 Å². The van der Waals surface area contributed by atoms with E-state index in [2.05, 4.69) is 38.8 Å². The Hall–Kier alpha value is -4.70. The summed E-state index contributed by atoms with van der Waals surface area (Å²) in [4.78, 5) is 59.2. The van der Waals surface area contributed by atoms with Crippen molar-refractivity contribution in [2.75, 3.05) is 127 Å². The fourth-order valence-electron chi connectivity index (χ4n) is 8.45. The summed E-state index contributed by atoms with van der Waals surface area (Å²) in [5.74, 6) is 1.63. The van der Waals surface area contributed by atoms with E-state index in [9.17, 15) is 19.2 Å². The Bertz CT molecular complexity index is 2080. The van der Waals surface area contributed by atoms with Crippen molar-refractivity contribution in [3.8, 4) is 0 Å². The van der Waals surface area contributed by atoms with E-state index in [1.54, 1.807) is 70.5 Å². The lowest BCUT2D eigenvalue weighted by Crippen LogP contribution is -3.12. The maximum atomic E-state index is 13.4. The fourth-order valence-corrected chi connectivity index (χ4v) is 10.8. The van der Waals surface area contributed by atoms with Gasteiger partial charge in [-0.25, -0.2) is 0 Å². The van der Waals surface area contributed by atoms with Gasteiger partial charge in [0.15, 0.2) is 23.1 Å². The van der Waals surface area contributed by atoms with Crippen LogP contribution in [0.2, 0.25) is 0 Å². The number of quaternary nitrogens is 4. The highest BCUT2D eigenvalue weighted by Crippen LogP contribution is 2.36. The molecule has 14 heteroatoms. The van der Waals surface area contributed by atoms with Crippen molar-refractivity contribution >= 4 is 67.5 Å². The summed E-state index contributed by atoms with van der Waals surface area (Å²) in [5, 5.41) is 6.84. The number of benzene rings is 4. The Kier molecular flexibility index (Phi) is 17.1. The van der Waals surface area contributed by atoms with Crippen LogP contribution in [0.15, 0.2) is 72.8 Å². The van der Waals surface area contributed by atoms with Crippen molar-refractivity contribution in [2.24, 2.45) is 0 Å². The topological polar surface area (TPSA) is 162 Å².